The molecule has 4 heterocycles. The highest BCUT2D eigenvalue weighted by Gasteiger charge is 2.17. The van der Waals surface area contributed by atoms with Gasteiger partial charge in [0.05, 0.1) is 0 Å². The Balaban J connectivity index is 1.43. The number of aromatic hydroxyl groups is 1. The Hall–Kier alpha value is -3.45. The van der Waals surface area contributed by atoms with Crippen LogP contribution >= 0.6 is 0 Å². The lowest BCUT2D eigenvalue weighted by Crippen LogP contribution is -2.44. The minimum Gasteiger partial charge on any atom is -0.492 e. The standard InChI is InChI=1S/C22H22N6O/c1-27-8-10-28(11-9-27)17-5-2-4-15(12-17)20-25-19(22(29)26-20)13-16-14-24-21-18(16)6-3-7-23-21/h2-7,12-14,29H,8-11H2,1H3,(H,25,26). The molecule has 0 amide bonds. The number of likely N-dealkylation sites (N-methyl/N-ethyl adjacent to an activating group) is 1. The van der Waals surface area contributed by atoms with E-state index in [1.807, 2.05) is 30.3 Å². The number of aromatic amines is 1. The molecule has 5 rings (SSSR count). The summed E-state index contributed by atoms with van der Waals surface area (Å²) in [5, 5.41) is 10.4. The van der Waals surface area contributed by atoms with Crippen molar-refractivity contribution in [1.82, 2.24) is 19.9 Å². The van der Waals surface area contributed by atoms with Crippen LogP contribution in [0.25, 0.3) is 23.0 Å². The van der Waals surface area contributed by atoms with Crippen molar-refractivity contribution in [3.05, 3.63) is 53.9 Å². The zero-order valence-electron chi connectivity index (χ0n) is 16.2. The number of imidazole rings is 1. The monoisotopic (exact) mass is 386 g/mol. The van der Waals surface area contributed by atoms with Crippen molar-refractivity contribution in [2.24, 2.45) is 4.99 Å². The van der Waals surface area contributed by atoms with Crippen LogP contribution in [-0.2, 0) is 0 Å². The van der Waals surface area contributed by atoms with E-state index in [1.54, 1.807) is 12.4 Å². The third-order valence-electron chi connectivity index (χ3n) is 5.42. The van der Waals surface area contributed by atoms with E-state index in [2.05, 4.69) is 48.9 Å². The molecule has 0 aliphatic carbocycles. The van der Waals surface area contributed by atoms with Gasteiger partial charge in [0.2, 0.25) is 5.88 Å². The highest BCUT2D eigenvalue weighted by Crippen LogP contribution is 2.32. The van der Waals surface area contributed by atoms with Gasteiger partial charge in [0.1, 0.15) is 11.5 Å². The fraction of sp³-hybridized carbons (Fsp3) is 0.227. The molecule has 1 saturated heterocycles. The van der Waals surface area contributed by atoms with Gasteiger partial charge < -0.3 is 19.9 Å². The lowest BCUT2D eigenvalue weighted by Gasteiger charge is -2.34. The second kappa shape index (κ2) is 7.18. The van der Waals surface area contributed by atoms with E-state index in [1.165, 1.54) is 5.69 Å². The minimum absolute atomic E-state index is 0.0248. The van der Waals surface area contributed by atoms with Crippen molar-refractivity contribution in [2.75, 3.05) is 38.1 Å². The van der Waals surface area contributed by atoms with Crippen LogP contribution in [0.2, 0.25) is 0 Å². The topological polar surface area (TPSA) is 80.6 Å². The predicted octanol–water partition coefficient (Wildman–Crippen LogP) is 3.19. The van der Waals surface area contributed by atoms with Crippen LogP contribution in [0, 0.1) is 0 Å². The van der Waals surface area contributed by atoms with E-state index in [4.69, 9.17) is 0 Å². The van der Waals surface area contributed by atoms with Crippen molar-refractivity contribution in [2.45, 2.75) is 0 Å². The van der Waals surface area contributed by atoms with Crippen LogP contribution in [0.1, 0.15) is 11.3 Å². The van der Waals surface area contributed by atoms with Gasteiger partial charge in [0.25, 0.3) is 0 Å². The van der Waals surface area contributed by atoms with E-state index < -0.39 is 0 Å². The molecular formula is C22H22N6O. The molecular weight excluding hydrogens is 364 g/mol. The maximum absolute atomic E-state index is 10.4. The summed E-state index contributed by atoms with van der Waals surface area (Å²) in [4.78, 5) is 20.9. The molecule has 2 aromatic heterocycles. The lowest BCUT2D eigenvalue weighted by atomic mass is 10.1. The van der Waals surface area contributed by atoms with E-state index in [0.717, 1.165) is 42.9 Å². The molecule has 0 saturated carbocycles. The van der Waals surface area contributed by atoms with Crippen molar-refractivity contribution >= 4 is 29.4 Å². The Morgan fingerprint density at radius 1 is 1.10 bits per heavy atom. The number of benzene rings is 1. The average Bonchev–Trinajstić information content (AvgIpc) is 3.33. The van der Waals surface area contributed by atoms with Gasteiger partial charge in [0, 0.05) is 61.0 Å². The fourth-order valence-electron chi connectivity index (χ4n) is 3.73. The molecule has 7 nitrogen and oxygen atoms in total. The fourth-order valence-corrected chi connectivity index (χ4v) is 3.73. The SMILES string of the molecule is CN1CCN(c2cccc(-c3nc(O)c(C=C4C=Nc5ncccc54)[nH]3)c2)CC1. The molecule has 0 spiro atoms. The maximum Gasteiger partial charge on any atom is 0.237 e. The highest BCUT2D eigenvalue weighted by molar-refractivity contribution is 6.20. The van der Waals surface area contributed by atoms with E-state index in [0.29, 0.717) is 17.3 Å². The smallest absolute Gasteiger partial charge is 0.237 e. The van der Waals surface area contributed by atoms with Crippen LogP contribution in [0.15, 0.2) is 47.6 Å². The van der Waals surface area contributed by atoms with Gasteiger partial charge in [-0.1, -0.05) is 12.1 Å². The molecule has 146 valence electrons. The molecule has 0 bridgehead atoms. The van der Waals surface area contributed by atoms with Gasteiger partial charge in [-0.3, -0.25) is 0 Å². The zero-order chi connectivity index (χ0) is 19.8. The quantitative estimate of drug-likeness (QED) is 0.723. The molecule has 2 aliphatic rings. The van der Waals surface area contributed by atoms with Crippen molar-refractivity contribution in [3.63, 3.8) is 0 Å². The molecule has 3 aromatic rings. The number of H-pyrrole nitrogens is 1. The van der Waals surface area contributed by atoms with E-state index in [9.17, 15) is 5.11 Å². The number of piperazine rings is 1. The number of allylic oxidation sites excluding steroid dienone is 1. The number of rotatable bonds is 3. The summed E-state index contributed by atoms with van der Waals surface area (Å²) in [7, 11) is 2.15. The van der Waals surface area contributed by atoms with Gasteiger partial charge in [-0.2, -0.15) is 4.98 Å². The van der Waals surface area contributed by atoms with Gasteiger partial charge >= 0.3 is 0 Å². The summed E-state index contributed by atoms with van der Waals surface area (Å²) in [5.74, 6) is 1.31. The molecule has 1 aromatic carbocycles. The highest BCUT2D eigenvalue weighted by atomic mass is 16.3. The van der Waals surface area contributed by atoms with Gasteiger partial charge in [-0.25, -0.2) is 9.98 Å². The minimum atomic E-state index is -0.0248. The van der Waals surface area contributed by atoms with E-state index >= 15 is 0 Å². The molecule has 0 radical (unpaired) electrons. The van der Waals surface area contributed by atoms with Crippen LogP contribution in [0.5, 0.6) is 5.88 Å². The van der Waals surface area contributed by atoms with E-state index in [-0.39, 0.29) is 5.88 Å². The largest absolute Gasteiger partial charge is 0.492 e. The summed E-state index contributed by atoms with van der Waals surface area (Å²) < 4.78 is 0. The van der Waals surface area contributed by atoms with Crippen molar-refractivity contribution in [1.29, 1.82) is 0 Å². The summed E-state index contributed by atoms with van der Waals surface area (Å²) >= 11 is 0. The van der Waals surface area contributed by atoms with Gasteiger partial charge in [0.15, 0.2) is 5.82 Å². The molecule has 2 aliphatic heterocycles. The average molecular weight is 386 g/mol. The Morgan fingerprint density at radius 3 is 2.83 bits per heavy atom. The Labute approximate surface area is 169 Å². The summed E-state index contributed by atoms with van der Waals surface area (Å²) in [6.07, 6.45) is 5.33. The van der Waals surface area contributed by atoms with Crippen molar-refractivity contribution < 1.29 is 5.11 Å². The molecule has 1 fully saturated rings. The first-order valence-electron chi connectivity index (χ1n) is 9.71. The zero-order valence-corrected chi connectivity index (χ0v) is 16.2. The Morgan fingerprint density at radius 2 is 1.97 bits per heavy atom. The number of nitrogens with one attached hydrogen (secondary N) is 1. The van der Waals surface area contributed by atoms with Crippen LogP contribution in [-0.4, -0.2) is 64.4 Å². The normalized spacial score (nSPS) is 17.8. The summed E-state index contributed by atoms with van der Waals surface area (Å²) in [6.45, 7) is 4.13. The number of fused-ring (bicyclic) bond motifs is 1. The first kappa shape index (κ1) is 17.6. The Kier molecular flexibility index (Phi) is 4.37. The number of hydrogen-bond donors (Lipinski definition) is 2. The van der Waals surface area contributed by atoms with Crippen LogP contribution in [0.4, 0.5) is 11.5 Å². The van der Waals surface area contributed by atoms with Crippen LogP contribution < -0.4 is 4.90 Å². The number of aromatic nitrogens is 3. The second-order valence-electron chi connectivity index (χ2n) is 7.40. The number of anilines is 1. The predicted molar refractivity (Wildman–Crippen MR) is 116 cm³/mol. The Bertz CT molecular complexity index is 1110. The van der Waals surface area contributed by atoms with Gasteiger partial charge in [-0.05, 0) is 37.4 Å². The number of hydrogen-bond acceptors (Lipinski definition) is 6. The summed E-state index contributed by atoms with van der Waals surface area (Å²) in [6, 6.07) is 12.1. The lowest BCUT2D eigenvalue weighted by molar-refractivity contribution is 0.313. The third kappa shape index (κ3) is 3.40. The summed E-state index contributed by atoms with van der Waals surface area (Å²) in [5.41, 5.74) is 4.52. The van der Waals surface area contributed by atoms with Crippen LogP contribution in [0.3, 0.4) is 0 Å². The number of aliphatic imine (C=N–C) groups is 1. The molecule has 29 heavy (non-hydrogen) atoms. The molecule has 7 heteroatoms. The maximum atomic E-state index is 10.4. The molecule has 2 N–H and O–H groups in total. The third-order valence-corrected chi connectivity index (χ3v) is 5.42. The molecule has 0 unspecified atom stereocenters. The van der Waals surface area contributed by atoms with Crippen molar-refractivity contribution in [3.8, 4) is 17.3 Å². The second-order valence-corrected chi connectivity index (χ2v) is 7.40. The number of pyridine rings is 1. The molecule has 0 atom stereocenters. The van der Waals surface area contributed by atoms with Gasteiger partial charge in [-0.15, -0.1) is 0 Å². The first-order chi connectivity index (χ1) is 14.2. The number of nitrogens with zero attached hydrogens (tertiary/aromatic N) is 5. The first-order valence-corrected chi connectivity index (χ1v) is 9.71.